The van der Waals surface area contributed by atoms with E-state index in [1.54, 1.807) is 48.5 Å². The molecule has 4 rings (SSSR count). The van der Waals surface area contributed by atoms with Crippen LogP contribution in [0.5, 0.6) is 5.75 Å². The fraction of sp³-hybridized carbons (Fsp3) is 0.111. The van der Waals surface area contributed by atoms with Gasteiger partial charge in [0.1, 0.15) is 11.3 Å². The van der Waals surface area contributed by atoms with Crippen molar-refractivity contribution < 1.29 is 23.9 Å². The molecule has 182 valence electrons. The van der Waals surface area contributed by atoms with Crippen LogP contribution in [-0.4, -0.2) is 30.4 Å². The van der Waals surface area contributed by atoms with E-state index in [9.17, 15) is 19.2 Å². The van der Waals surface area contributed by atoms with Gasteiger partial charge in [0.05, 0.1) is 10.2 Å². The van der Waals surface area contributed by atoms with E-state index >= 15 is 0 Å². The van der Waals surface area contributed by atoms with Crippen molar-refractivity contribution in [2.24, 2.45) is 0 Å². The summed E-state index contributed by atoms with van der Waals surface area (Å²) < 4.78 is 6.15. The van der Waals surface area contributed by atoms with Crippen molar-refractivity contribution in [1.29, 1.82) is 0 Å². The van der Waals surface area contributed by atoms with Crippen LogP contribution in [0.3, 0.4) is 0 Å². The summed E-state index contributed by atoms with van der Waals surface area (Å²) in [5.41, 5.74) is 3.58. The Bertz CT molecular complexity index is 1400. The summed E-state index contributed by atoms with van der Waals surface area (Å²) in [6.45, 7) is 3.76. The smallest absolute Gasteiger partial charge is 0.335 e. The number of urea groups is 1. The standard InChI is InChI=1S/C27H22BrN3O5/c1-16-8-10-19(12-17(16)2)29-24(32)15-36-23-11-9-18(14-22(23)28)13-21-25(33)30-27(35)31(26(21)34)20-6-4-3-5-7-20/h3-14H,15H2,1-2H3,(H,29,32)(H,30,33,35)/b21-13-. The highest BCUT2D eigenvalue weighted by Crippen LogP contribution is 2.28. The van der Waals surface area contributed by atoms with Gasteiger partial charge in [-0.05, 0) is 88.9 Å². The molecule has 8 nitrogen and oxygen atoms in total. The molecule has 9 heteroatoms. The van der Waals surface area contributed by atoms with E-state index in [1.807, 2.05) is 32.0 Å². The summed E-state index contributed by atoms with van der Waals surface area (Å²) in [6, 6.07) is 18.1. The number of ether oxygens (including phenoxy) is 1. The number of nitrogens with one attached hydrogen (secondary N) is 2. The fourth-order valence-corrected chi connectivity index (χ4v) is 4.03. The fourth-order valence-electron chi connectivity index (χ4n) is 3.52. The Hall–Kier alpha value is -4.24. The van der Waals surface area contributed by atoms with Crippen molar-refractivity contribution >= 4 is 57.1 Å². The van der Waals surface area contributed by atoms with Crippen LogP contribution in [0.4, 0.5) is 16.2 Å². The molecule has 0 aliphatic carbocycles. The molecule has 1 fully saturated rings. The molecule has 1 aliphatic heterocycles. The summed E-state index contributed by atoms with van der Waals surface area (Å²) in [4.78, 5) is 50.8. The average Bonchev–Trinajstić information content (AvgIpc) is 2.84. The number of hydrogen-bond acceptors (Lipinski definition) is 5. The van der Waals surface area contributed by atoms with Crippen LogP contribution in [0.2, 0.25) is 0 Å². The predicted molar refractivity (Wildman–Crippen MR) is 140 cm³/mol. The number of para-hydroxylation sites is 1. The number of hydrogen-bond donors (Lipinski definition) is 2. The number of imide groups is 2. The van der Waals surface area contributed by atoms with E-state index in [1.165, 1.54) is 6.08 Å². The molecular formula is C27H22BrN3O5. The van der Waals surface area contributed by atoms with Gasteiger partial charge in [0, 0.05) is 5.69 Å². The first-order chi connectivity index (χ1) is 17.2. The average molecular weight is 548 g/mol. The number of carbonyl (C=O) groups is 4. The third-order valence-corrected chi connectivity index (χ3v) is 6.15. The number of amides is 5. The first-order valence-electron chi connectivity index (χ1n) is 11.0. The molecule has 0 atom stereocenters. The van der Waals surface area contributed by atoms with Gasteiger partial charge in [-0.2, -0.15) is 0 Å². The molecule has 0 spiro atoms. The quantitative estimate of drug-likeness (QED) is 0.342. The second-order valence-electron chi connectivity index (χ2n) is 8.12. The maximum atomic E-state index is 13.0. The van der Waals surface area contributed by atoms with E-state index in [0.717, 1.165) is 16.0 Å². The molecule has 0 aromatic heterocycles. The lowest BCUT2D eigenvalue weighted by atomic mass is 10.1. The predicted octanol–water partition coefficient (Wildman–Crippen LogP) is 4.75. The van der Waals surface area contributed by atoms with Gasteiger partial charge in [-0.15, -0.1) is 0 Å². The summed E-state index contributed by atoms with van der Waals surface area (Å²) >= 11 is 3.40. The van der Waals surface area contributed by atoms with Gasteiger partial charge in [0.25, 0.3) is 17.7 Å². The Morgan fingerprint density at radius 2 is 1.75 bits per heavy atom. The molecule has 1 heterocycles. The zero-order valence-corrected chi connectivity index (χ0v) is 21.1. The van der Waals surface area contributed by atoms with Gasteiger partial charge >= 0.3 is 6.03 Å². The summed E-state index contributed by atoms with van der Waals surface area (Å²) in [6.07, 6.45) is 1.39. The highest BCUT2D eigenvalue weighted by atomic mass is 79.9. The number of halogens is 1. The van der Waals surface area contributed by atoms with Crippen LogP contribution in [0.15, 0.2) is 76.8 Å². The topological polar surface area (TPSA) is 105 Å². The summed E-state index contributed by atoms with van der Waals surface area (Å²) in [5.74, 6) is -1.41. The lowest BCUT2D eigenvalue weighted by Gasteiger charge is -2.26. The highest BCUT2D eigenvalue weighted by Gasteiger charge is 2.36. The normalized spacial score (nSPS) is 14.6. The van der Waals surface area contributed by atoms with Crippen molar-refractivity contribution in [2.45, 2.75) is 13.8 Å². The number of carbonyl (C=O) groups excluding carboxylic acids is 4. The minimum atomic E-state index is -0.808. The Morgan fingerprint density at radius 1 is 1.00 bits per heavy atom. The maximum Gasteiger partial charge on any atom is 0.335 e. The molecule has 3 aromatic rings. The molecule has 36 heavy (non-hydrogen) atoms. The van der Waals surface area contributed by atoms with Crippen molar-refractivity contribution in [3.05, 3.63) is 93.5 Å². The van der Waals surface area contributed by atoms with Crippen LogP contribution >= 0.6 is 15.9 Å². The minimum absolute atomic E-state index is 0.188. The highest BCUT2D eigenvalue weighted by molar-refractivity contribution is 9.10. The largest absolute Gasteiger partial charge is 0.483 e. The summed E-state index contributed by atoms with van der Waals surface area (Å²) in [7, 11) is 0. The van der Waals surface area contributed by atoms with Crippen LogP contribution in [0, 0.1) is 13.8 Å². The third-order valence-electron chi connectivity index (χ3n) is 5.53. The number of rotatable bonds is 6. The lowest BCUT2D eigenvalue weighted by Crippen LogP contribution is -2.54. The second kappa shape index (κ2) is 10.6. The molecule has 0 bridgehead atoms. The van der Waals surface area contributed by atoms with E-state index in [0.29, 0.717) is 27.2 Å². The van der Waals surface area contributed by atoms with E-state index in [4.69, 9.17) is 4.74 Å². The first-order valence-corrected chi connectivity index (χ1v) is 11.8. The first kappa shape index (κ1) is 24.9. The maximum absolute atomic E-state index is 13.0. The molecule has 0 radical (unpaired) electrons. The Balaban J connectivity index is 1.46. The van der Waals surface area contributed by atoms with Crippen LogP contribution < -0.4 is 20.3 Å². The third kappa shape index (κ3) is 5.52. The van der Waals surface area contributed by atoms with Gasteiger partial charge in [0.15, 0.2) is 6.61 Å². The van der Waals surface area contributed by atoms with Gasteiger partial charge in [-0.3, -0.25) is 19.7 Å². The molecule has 0 saturated carbocycles. The second-order valence-corrected chi connectivity index (χ2v) is 8.97. The van der Waals surface area contributed by atoms with Gasteiger partial charge in [0.2, 0.25) is 0 Å². The Labute approximate surface area is 216 Å². The molecular weight excluding hydrogens is 526 g/mol. The van der Waals surface area contributed by atoms with Crippen LogP contribution in [0.1, 0.15) is 16.7 Å². The molecule has 1 saturated heterocycles. The van der Waals surface area contributed by atoms with Gasteiger partial charge in [-0.25, -0.2) is 9.69 Å². The van der Waals surface area contributed by atoms with Crippen molar-refractivity contribution in [3.8, 4) is 5.75 Å². The van der Waals surface area contributed by atoms with Gasteiger partial charge < -0.3 is 10.1 Å². The SMILES string of the molecule is Cc1ccc(NC(=O)COc2ccc(/C=C3/C(=O)NC(=O)N(c4ccccc4)C3=O)cc2Br)cc1C. The Morgan fingerprint density at radius 3 is 2.44 bits per heavy atom. The number of anilines is 2. The zero-order chi connectivity index (χ0) is 25.8. The van der Waals surface area contributed by atoms with Crippen molar-refractivity contribution in [1.82, 2.24) is 5.32 Å². The number of nitrogens with zero attached hydrogens (tertiary/aromatic N) is 1. The Kier molecular flexibility index (Phi) is 7.30. The minimum Gasteiger partial charge on any atom is -0.483 e. The van der Waals surface area contributed by atoms with Crippen molar-refractivity contribution in [3.63, 3.8) is 0 Å². The number of aryl methyl sites for hydroxylation is 2. The molecule has 3 aromatic carbocycles. The monoisotopic (exact) mass is 547 g/mol. The molecule has 1 aliphatic rings. The molecule has 2 N–H and O–H groups in total. The zero-order valence-electron chi connectivity index (χ0n) is 19.5. The van der Waals surface area contributed by atoms with Crippen LogP contribution in [0.25, 0.3) is 6.08 Å². The van der Waals surface area contributed by atoms with Crippen LogP contribution in [-0.2, 0) is 14.4 Å². The summed E-state index contributed by atoms with van der Waals surface area (Å²) in [5, 5.41) is 4.99. The van der Waals surface area contributed by atoms with E-state index in [-0.39, 0.29) is 18.1 Å². The van der Waals surface area contributed by atoms with Gasteiger partial charge in [-0.1, -0.05) is 30.3 Å². The van der Waals surface area contributed by atoms with E-state index in [2.05, 4.69) is 26.6 Å². The van der Waals surface area contributed by atoms with E-state index < -0.39 is 17.8 Å². The molecule has 0 unspecified atom stereocenters. The number of benzene rings is 3. The van der Waals surface area contributed by atoms with Crippen molar-refractivity contribution in [2.75, 3.05) is 16.8 Å². The molecule has 5 amide bonds. The number of barbiturate groups is 1. The lowest BCUT2D eigenvalue weighted by molar-refractivity contribution is -0.122.